The van der Waals surface area contributed by atoms with Crippen molar-refractivity contribution in [1.82, 2.24) is 0 Å². The molecule has 0 aromatic rings. The third-order valence-electron chi connectivity index (χ3n) is 0. The Hall–Kier alpha value is 39.3. The zero-order chi connectivity index (χ0) is 0. The smallest absolute Gasteiger partial charge is 1.00 e. The monoisotopic (exact) mass is 959 g/mol. The van der Waals surface area contributed by atoms with Crippen LogP contribution in [-0.2, 0) is 0 Å². The Labute approximate surface area is 1210 Å². The molecule has 0 atom stereocenters. The molecule has 0 aliphatic rings. The molecule has 0 aliphatic heterocycles. The van der Waals surface area contributed by atoms with Crippen molar-refractivity contribution in [2.24, 2.45) is 0 Å². The van der Waals surface area contributed by atoms with Gasteiger partial charge >= 0.3 is 1230 Å². The van der Waals surface area contributed by atoms with Crippen LogP contribution in [0.3, 0.4) is 0 Å². The standard InChI is InChI=1S/24K.24H/q24*+1;24*-1. The number of hydrogen-bond acceptors (Lipinski definition) is 0. The first-order valence-electron chi connectivity index (χ1n) is 0. The minimum atomic E-state index is 0. The van der Waals surface area contributed by atoms with E-state index >= 15 is 0 Å². The van der Waals surface area contributed by atoms with E-state index in [9.17, 15) is 0 Å². The Balaban J connectivity index is 0. The maximum absolute atomic E-state index is 0. The van der Waals surface area contributed by atoms with Gasteiger partial charge in [0.1, 0.15) is 0 Å². The summed E-state index contributed by atoms with van der Waals surface area (Å²) < 4.78 is 0. The van der Waals surface area contributed by atoms with Crippen LogP contribution in [0.15, 0.2) is 0 Å². The molecule has 0 aliphatic carbocycles. The van der Waals surface area contributed by atoms with Crippen LogP contribution >= 0.6 is 0 Å². The molecule has 0 fully saturated rings. The third kappa shape index (κ3) is 144. The van der Waals surface area contributed by atoms with Crippen molar-refractivity contribution in [3.05, 3.63) is 0 Å². The predicted octanol–water partition coefficient (Wildman–Crippen LogP) is -69.2. The molecule has 0 unspecified atom stereocenters. The van der Waals surface area contributed by atoms with Gasteiger partial charge in [0.15, 0.2) is 0 Å². The molecule has 24 heteroatoms. The van der Waals surface area contributed by atoms with Crippen LogP contribution in [0.1, 0.15) is 34.2 Å². The summed E-state index contributed by atoms with van der Waals surface area (Å²) in [6.45, 7) is 0. The third-order valence-corrected chi connectivity index (χ3v) is 0. The molecule has 0 N–H and O–H groups in total. The van der Waals surface area contributed by atoms with Gasteiger partial charge in [-0.15, -0.1) is 0 Å². The van der Waals surface area contributed by atoms with E-state index in [4.69, 9.17) is 0 Å². The number of hydrogen-bond donors (Lipinski definition) is 0. The van der Waals surface area contributed by atoms with Crippen molar-refractivity contribution in [2.45, 2.75) is 0 Å². The SMILES string of the molecule is [H-].[H-].[H-].[H-].[H-].[H-].[H-].[H-].[H-].[H-].[H-].[H-].[H-].[H-].[H-].[H-].[H-].[H-].[H-].[H-].[H-].[H-].[H-].[H-].[K+].[K+].[K+].[K+].[K+].[K+].[K+].[K+].[K+].[K+].[K+].[K+].[K+].[K+].[K+].[K+].[K+].[K+].[K+].[K+].[K+].[K+].[K+].[K+]. The van der Waals surface area contributed by atoms with Crippen molar-refractivity contribution in [3.63, 3.8) is 0 Å². The van der Waals surface area contributed by atoms with E-state index in [0.29, 0.717) is 0 Å². The van der Waals surface area contributed by atoms with Gasteiger partial charge in [-0.3, -0.25) is 0 Å². The van der Waals surface area contributed by atoms with Crippen molar-refractivity contribution < 1.29 is 1270 Å². The molecule has 0 bridgehead atoms. The average Bonchev–Trinajstić information content (AvgIpc) is 0. The predicted molar refractivity (Wildman–Crippen MR) is 26.7 cm³/mol. The van der Waals surface area contributed by atoms with Gasteiger partial charge in [-0.2, -0.15) is 0 Å². The molecule has 48 valence electrons. The molecule has 0 nitrogen and oxygen atoms in total. The van der Waals surface area contributed by atoms with E-state index < -0.39 is 0 Å². The van der Waals surface area contributed by atoms with Gasteiger partial charge in [0.25, 0.3) is 0 Å². The van der Waals surface area contributed by atoms with Crippen LogP contribution in [0.4, 0.5) is 0 Å². The Morgan fingerprint density at radius 2 is 0.0833 bits per heavy atom. The zero-order valence-electron chi connectivity index (χ0n) is 48.0. The molecular weight excluding hydrogens is 938 g/mol. The second-order valence-corrected chi connectivity index (χ2v) is 0. The van der Waals surface area contributed by atoms with Gasteiger partial charge in [-0.05, 0) is 0 Å². The molecule has 0 saturated heterocycles. The van der Waals surface area contributed by atoms with Gasteiger partial charge in [0.05, 0.1) is 0 Å². The van der Waals surface area contributed by atoms with Crippen LogP contribution in [0.5, 0.6) is 0 Å². The van der Waals surface area contributed by atoms with E-state index in [1.54, 1.807) is 0 Å². The fourth-order valence-corrected chi connectivity index (χ4v) is 0. The second-order valence-electron chi connectivity index (χ2n) is 0. The Morgan fingerprint density at radius 3 is 0.0833 bits per heavy atom. The van der Waals surface area contributed by atoms with Crippen LogP contribution in [-0.4, -0.2) is 0 Å². The van der Waals surface area contributed by atoms with Crippen molar-refractivity contribution >= 4 is 0 Å². The van der Waals surface area contributed by atoms with E-state index in [1.165, 1.54) is 0 Å². The van der Waals surface area contributed by atoms with E-state index in [2.05, 4.69) is 0 Å². The van der Waals surface area contributed by atoms with Gasteiger partial charge in [0.2, 0.25) is 0 Å². The summed E-state index contributed by atoms with van der Waals surface area (Å²) in [7, 11) is 0. The van der Waals surface area contributed by atoms with Crippen molar-refractivity contribution in [2.75, 3.05) is 0 Å². The van der Waals surface area contributed by atoms with Crippen LogP contribution in [0.2, 0.25) is 0 Å². The normalized spacial score (nSPS) is 0. The summed E-state index contributed by atoms with van der Waals surface area (Å²) in [5.41, 5.74) is 0. The Bertz CT molecular complexity index is 48.0. The molecular formula is H24K24. The summed E-state index contributed by atoms with van der Waals surface area (Å²) in [5, 5.41) is 0. The summed E-state index contributed by atoms with van der Waals surface area (Å²) in [6.07, 6.45) is 0. The number of rotatable bonds is 0. The first kappa shape index (κ1) is 159. The van der Waals surface area contributed by atoms with E-state index in [0.717, 1.165) is 0 Å². The van der Waals surface area contributed by atoms with Gasteiger partial charge in [-0.1, -0.05) is 0 Å². The fraction of sp³-hybridized carbons (Fsp3) is 0. The van der Waals surface area contributed by atoms with Gasteiger partial charge < -0.3 is 34.2 Å². The maximum atomic E-state index is 0. The van der Waals surface area contributed by atoms with Crippen LogP contribution in [0, 0.1) is 0 Å². The molecule has 0 saturated carbocycles. The van der Waals surface area contributed by atoms with Crippen molar-refractivity contribution in [3.8, 4) is 0 Å². The molecule has 0 aromatic heterocycles. The molecule has 0 spiro atoms. The minimum absolute atomic E-state index is 0. The minimum Gasteiger partial charge on any atom is -1.00 e. The largest absolute Gasteiger partial charge is 1.00 e. The Kier molecular flexibility index (Phi) is 1000. The van der Waals surface area contributed by atoms with E-state index in [1.807, 2.05) is 0 Å². The summed E-state index contributed by atoms with van der Waals surface area (Å²) in [6, 6.07) is 0. The molecule has 24 heavy (non-hydrogen) atoms. The van der Waals surface area contributed by atoms with Crippen LogP contribution < -0.4 is 1230 Å². The van der Waals surface area contributed by atoms with E-state index in [-0.39, 0.29) is 1270 Å². The van der Waals surface area contributed by atoms with Crippen LogP contribution in [0.25, 0.3) is 0 Å². The summed E-state index contributed by atoms with van der Waals surface area (Å²) in [5.74, 6) is 0. The molecule has 0 radical (unpaired) electrons. The first-order chi connectivity index (χ1) is 0. The Morgan fingerprint density at radius 1 is 0.0833 bits per heavy atom. The molecule has 0 heterocycles. The average molecular weight is 963 g/mol. The fourth-order valence-electron chi connectivity index (χ4n) is 0. The summed E-state index contributed by atoms with van der Waals surface area (Å²) in [4.78, 5) is 0. The molecule has 0 rings (SSSR count). The first-order valence-corrected chi connectivity index (χ1v) is 0. The summed E-state index contributed by atoms with van der Waals surface area (Å²) >= 11 is 0. The second kappa shape index (κ2) is 152. The maximum Gasteiger partial charge on any atom is 1.00 e. The van der Waals surface area contributed by atoms with Gasteiger partial charge in [-0.25, -0.2) is 0 Å². The van der Waals surface area contributed by atoms with Gasteiger partial charge in [0, 0.05) is 0 Å². The van der Waals surface area contributed by atoms with Crippen molar-refractivity contribution in [1.29, 1.82) is 0 Å². The topological polar surface area (TPSA) is 0 Å². The molecule has 0 amide bonds. The molecule has 0 aromatic carbocycles. The zero-order valence-corrected chi connectivity index (χ0v) is 99.0. The quantitative estimate of drug-likeness (QED) is 0.212.